The zero-order valence-electron chi connectivity index (χ0n) is 17.0. The van der Waals surface area contributed by atoms with Gasteiger partial charge in [0.2, 0.25) is 11.8 Å². The third-order valence-electron chi connectivity index (χ3n) is 4.62. The summed E-state index contributed by atoms with van der Waals surface area (Å²) in [5.74, 6) is 0.560. The molecule has 0 aromatic heterocycles. The average Bonchev–Trinajstić information content (AvgIpc) is 3.53. The SMILES string of the molecule is C=C/C(=C1/N=[C-]C=CN1C)c1cccc(NC(=O)CN(C[CH2-])C(=O)C2CC2)c1.[K+]. The Morgan fingerprint density at radius 3 is 2.83 bits per heavy atom. The summed E-state index contributed by atoms with van der Waals surface area (Å²) in [5, 5.41) is 2.86. The van der Waals surface area contributed by atoms with E-state index in [0.29, 0.717) is 5.69 Å². The minimum absolute atomic E-state index is 0. The average molecular weight is 416 g/mol. The number of allylic oxidation sites excluding steroid dienone is 3. The maximum Gasteiger partial charge on any atom is 1.00 e. The van der Waals surface area contributed by atoms with Gasteiger partial charge < -0.3 is 27.0 Å². The van der Waals surface area contributed by atoms with E-state index < -0.39 is 0 Å². The quantitative estimate of drug-likeness (QED) is 0.502. The molecule has 146 valence electrons. The number of nitrogens with one attached hydrogen (secondary N) is 1. The van der Waals surface area contributed by atoms with Crippen LogP contribution < -0.4 is 56.7 Å². The summed E-state index contributed by atoms with van der Waals surface area (Å²) in [6.45, 7) is 7.95. The van der Waals surface area contributed by atoms with Gasteiger partial charge in [0, 0.05) is 17.4 Å². The predicted octanol–water partition coefficient (Wildman–Crippen LogP) is -0.0367. The molecular formula is C22H24KN4O2-. The van der Waals surface area contributed by atoms with Gasteiger partial charge in [0.15, 0.2) is 0 Å². The molecule has 29 heavy (non-hydrogen) atoms. The van der Waals surface area contributed by atoms with Crippen molar-refractivity contribution in [2.75, 3.05) is 25.5 Å². The maximum atomic E-state index is 12.4. The fraction of sp³-hybridized carbons (Fsp3) is 0.273. The Labute approximate surface area is 214 Å². The molecule has 1 aliphatic carbocycles. The molecule has 1 heterocycles. The third kappa shape index (κ3) is 6.23. The van der Waals surface area contributed by atoms with Gasteiger partial charge in [-0.25, -0.2) is 0 Å². The summed E-state index contributed by atoms with van der Waals surface area (Å²) in [7, 11) is 1.90. The Morgan fingerprint density at radius 2 is 2.21 bits per heavy atom. The van der Waals surface area contributed by atoms with Crippen molar-refractivity contribution in [3.63, 3.8) is 0 Å². The van der Waals surface area contributed by atoms with Crippen LogP contribution in [0.2, 0.25) is 0 Å². The van der Waals surface area contributed by atoms with Crippen molar-refractivity contribution in [2.24, 2.45) is 10.9 Å². The summed E-state index contributed by atoms with van der Waals surface area (Å²) >= 11 is 0. The molecule has 6 nitrogen and oxygen atoms in total. The van der Waals surface area contributed by atoms with Gasteiger partial charge in [0.1, 0.15) is 0 Å². The summed E-state index contributed by atoms with van der Waals surface area (Å²) in [6.07, 6.45) is 9.97. The standard InChI is InChI=1S/C22H24N4O2.K/c1-4-19(21-23-12-7-13-25(21)3)17-8-6-9-18(14-17)24-20(27)15-26(5-2)22(28)16-10-11-16;/h4,6-9,13-14,16H,1-2,5,10-11,15H2,3H3,(H,24,27);/q-2;+1/b21-19+;. The zero-order valence-corrected chi connectivity index (χ0v) is 20.1. The normalized spacial score (nSPS) is 16.7. The molecule has 0 unspecified atom stereocenters. The minimum Gasteiger partial charge on any atom is -0.440 e. The van der Waals surface area contributed by atoms with Crippen LogP contribution in [0.3, 0.4) is 0 Å². The summed E-state index contributed by atoms with van der Waals surface area (Å²) in [6, 6.07) is 7.46. The van der Waals surface area contributed by atoms with E-state index in [1.54, 1.807) is 12.2 Å². The second-order valence-electron chi connectivity index (χ2n) is 6.77. The van der Waals surface area contributed by atoms with Crippen molar-refractivity contribution in [3.8, 4) is 0 Å². The predicted molar refractivity (Wildman–Crippen MR) is 111 cm³/mol. The molecule has 2 aliphatic rings. The Kier molecular flexibility index (Phi) is 9.04. The molecule has 0 saturated heterocycles. The number of amides is 2. The van der Waals surface area contributed by atoms with Crippen LogP contribution in [0, 0.1) is 12.8 Å². The first-order chi connectivity index (χ1) is 13.5. The van der Waals surface area contributed by atoms with Crippen molar-refractivity contribution in [2.45, 2.75) is 12.8 Å². The van der Waals surface area contributed by atoms with Gasteiger partial charge in [0.05, 0.1) is 6.54 Å². The number of aliphatic imine (C=N–C) groups is 1. The topological polar surface area (TPSA) is 65.0 Å². The minimum atomic E-state index is -0.244. The first-order valence-corrected chi connectivity index (χ1v) is 9.24. The molecule has 1 fully saturated rings. The maximum absolute atomic E-state index is 12.4. The largest absolute Gasteiger partial charge is 1.00 e. The van der Waals surface area contributed by atoms with E-state index in [0.717, 1.165) is 29.8 Å². The van der Waals surface area contributed by atoms with Gasteiger partial charge in [-0.15, -0.1) is 18.8 Å². The molecule has 1 aliphatic heterocycles. The number of carbonyl (C=O) groups is 2. The Bertz CT molecular complexity index is 871. The Hall–Kier alpha value is -1.51. The van der Waals surface area contributed by atoms with Crippen LogP contribution in [0.25, 0.3) is 5.57 Å². The van der Waals surface area contributed by atoms with Gasteiger partial charge in [0.25, 0.3) is 0 Å². The van der Waals surface area contributed by atoms with Crippen LogP contribution in [0.15, 0.2) is 60.0 Å². The van der Waals surface area contributed by atoms with E-state index in [1.165, 1.54) is 4.90 Å². The van der Waals surface area contributed by atoms with Crippen LogP contribution in [-0.4, -0.2) is 48.0 Å². The van der Waals surface area contributed by atoms with Crippen LogP contribution in [-0.2, 0) is 9.59 Å². The molecule has 1 aromatic rings. The van der Waals surface area contributed by atoms with Crippen LogP contribution in [0.1, 0.15) is 18.4 Å². The number of nitrogens with zero attached hydrogens (tertiary/aromatic N) is 3. The number of anilines is 1. The van der Waals surface area contributed by atoms with E-state index >= 15 is 0 Å². The Morgan fingerprint density at radius 1 is 1.45 bits per heavy atom. The molecular weight excluding hydrogens is 391 g/mol. The van der Waals surface area contributed by atoms with Crippen molar-refractivity contribution in [1.29, 1.82) is 0 Å². The van der Waals surface area contributed by atoms with E-state index in [2.05, 4.69) is 30.0 Å². The van der Waals surface area contributed by atoms with Crippen LogP contribution in [0.4, 0.5) is 5.69 Å². The Balaban J connectivity index is 0.00000300. The van der Waals surface area contributed by atoms with Crippen molar-refractivity contribution >= 4 is 29.3 Å². The van der Waals surface area contributed by atoms with E-state index in [1.807, 2.05) is 42.4 Å². The summed E-state index contributed by atoms with van der Waals surface area (Å²) in [5.41, 5.74) is 2.35. The second kappa shape index (κ2) is 11.0. The summed E-state index contributed by atoms with van der Waals surface area (Å²) < 4.78 is 0. The second-order valence-corrected chi connectivity index (χ2v) is 6.77. The van der Waals surface area contributed by atoms with E-state index in [4.69, 9.17) is 0 Å². The van der Waals surface area contributed by atoms with Gasteiger partial charge >= 0.3 is 51.4 Å². The number of carbonyl (C=O) groups excluding carboxylic acids is 2. The van der Waals surface area contributed by atoms with Gasteiger partial charge in [-0.05, 0) is 43.2 Å². The molecule has 3 rings (SSSR count). The first-order valence-electron chi connectivity index (χ1n) is 9.24. The number of rotatable bonds is 7. The monoisotopic (exact) mass is 415 g/mol. The molecule has 1 N–H and O–H groups in total. The number of hydrogen-bond acceptors (Lipinski definition) is 4. The van der Waals surface area contributed by atoms with Gasteiger partial charge in [-0.1, -0.05) is 31.0 Å². The van der Waals surface area contributed by atoms with Crippen molar-refractivity contribution < 1.29 is 61.0 Å². The molecule has 2 amide bonds. The smallest absolute Gasteiger partial charge is 0.440 e. The number of benzene rings is 1. The van der Waals surface area contributed by atoms with Crippen LogP contribution >= 0.6 is 0 Å². The molecule has 0 spiro atoms. The first kappa shape index (κ1) is 23.8. The van der Waals surface area contributed by atoms with Crippen molar-refractivity contribution in [3.05, 3.63) is 67.5 Å². The van der Waals surface area contributed by atoms with Gasteiger partial charge in [-0.2, -0.15) is 0 Å². The molecule has 0 atom stereocenters. The molecule has 0 bridgehead atoms. The van der Waals surface area contributed by atoms with Crippen molar-refractivity contribution in [1.82, 2.24) is 9.80 Å². The van der Waals surface area contributed by atoms with Crippen LogP contribution in [0.5, 0.6) is 0 Å². The zero-order chi connectivity index (χ0) is 20.1. The molecule has 7 heteroatoms. The van der Waals surface area contributed by atoms with Gasteiger partial charge in [-0.3, -0.25) is 9.59 Å². The van der Waals surface area contributed by atoms with E-state index in [9.17, 15) is 9.59 Å². The fourth-order valence-corrected chi connectivity index (χ4v) is 2.98. The number of hydrogen-bond donors (Lipinski definition) is 1. The molecule has 0 radical (unpaired) electrons. The summed E-state index contributed by atoms with van der Waals surface area (Å²) in [4.78, 5) is 32.3. The third-order valence-corrected chi connectivity index (χ3v) is 4.62. The molecule has 1 saturated carbocycles. The fourth-order valence-electron chi connectivity index (χ4n) is 2.98. The molecule has 1 aromatic carbocycles. The van der Waals surface area contributed by atoms with E-state index in [-0.39, 0.29) is 82.2 Å².